The van der Waals surface area contributed by atoms with E-state index in [4.69, 9.17) is 23.2 Å². The van der Waals surface area contributed by atoms with E-state index in [2.05, 4.69) is 15.2 Å². The van der Waals surface area contributed by atoms with Gasteiger partial charge in [-0.1, -0.05) is 59.0 Å². The Hall–Kier alpha value is -3.10. The maximum Gasteiger partial charge on any atom is 0.445 e. The van der Waals surface area contributed by atoms with Crippen LogP contribution in [0.3, 0.4) is 0 Å². The van der Waals surface area contributed by atoms with Crippen molar-refractivity contribution in [3.05, 3.63) is 63.9 Å². The van der Waals surface area contributed by atoms with Crippen LogP contribution in [-0.2, 0) is 11.3 Å². The lowest BCUT2D eigenvalue weighted by atomic mass is 9.90. The van der Waals surface area contributed by atoms with E-state index in [1.807, 2.05) is 13.8 Å². The molecule has 0 aliphatic carbocycles. The van der Waals surface area contributed by atoms with Crippen LogP contribution in [0.5, 0.6) is 0 Å². The van der Waals surface area contributed by atoms with Gasteiger partial charge >= 0.3 is 11.9 Å². The monoisotopic (exact) mass is 488 g/mol. The van der Waals surface area contributed by atoms with E-state index in [1.165, 1.54) is 16.8 Å². The molecule has 0 fully saturated rings. The number of aliphatic carboxylic acids is 1. The summed E-state index contributed by atoms with van der Waals surface area (Å²) in [6.07, 6.45) is 0. The highest BCUT2D eigenvalue weighted by molar-refractivity contribution is 6.42. The molecule has 170 valence electrons. The zero-order valence-electron chi connectivity index (χ0n) is 18.1. The molecule has 0 saturated heterocycles. The van der Waals surface area contributed by atoms with Crippen LogP contribution in [-0.4, -0.2) is 41.9 Å². The minimum absolute atomic E-state index is 0.0452. The van der Waals surface area contributed by atoms with Gasteiger partial charge in [0.1, 0.15) is 5.82 Å². The van der Waals surface area contributed by atoms with Gasteiger partial charge in [-0.25, -0.2) is 9.18 Å². The maximum absolute atomic E-state index is 13.9. The van der Waals surface area contributed by atoms with Gasteiger partial charge in [-0.05, 0) is 53.7 Å². The highest BCUT2D eigenvalue weighted by Gasteiger charge is 2.41. The second-order valence-electron chi connectivity index (χ2n) is 8.17. The van der Waals surface area contributed by atoms with Crippen molar-refractivity contribution in [1.82, 2.24) is 14.8 Å². The van der Waals surface area contributed by atoms with E-state index in [9.17, 15) is 14.3 Å². The van der Waals surface area contributed by atoms with Crippen molar-refractivity contribution in [3.63, 3.8) is 0 Å². The van der Waals surface area contributed by atoms with E-state index < -0.39 is 17.7 Å². The van der Waals surface area contributed by atoms with Gasteiger partial charge in [0.25, 0.3) is 5.82 Å². The molecule has 7 nitrogen and oxygen atoms in total. The molecule has 0 spiro atoms. The number of aromatic nitrogens is 3. The third-order valence-corrected chi connectivity index (χ3v) is 5.87. The molecule has 33 heavy (non-hydrogen) atoms. The fourth-order valence-corrected chi connectivity index (χ4v) is 4.06. The first-order valence-corrected chi connectivity index (χ1v) is 11.0. The molecule has 4 rings (SSSR count). The number of carboxylic acid groups (broad SMARTS) is 1. The second kappa shape index (κ2) is 9.03. The molecule has 1 aromatic heterocycles. The van der Waals surface area contributed by atoms with E-state index >= 15 is 0 Å². The summed E-state index contributed by atoms with van der Waals surface area (Å²) >= 11 is 12.2. The summed E-state index contributed by atoms with van der Waals surface area (Å²) in [5.74, 6) is -1.55. The summed E-state index contributed by atoms with van der Waals surface area (Å²) in [6, 6.07) is 10.9. The summed E-state index contributed by atoms with van der Waals surface area (Å²) in [4.78, 5) is 17.0. The fraction of sp³-hybridized carbons (Fsp3) is 0.261. The third-order valence-electron chi connectivity index (χ3n) is 5.14. The van der Waals surface area contributed by atoms with Gasteiger partial charge in [0.15, 0.2) is 0 Å². The molecule has 1 unspecified atom stereocenters. The molecule has 0 radical (unpaired) electrons. The number of halogens is 3. The van der Waals surface area contributed by atoms with Crippen LogP contribution < -0.4 is 0 Å². The SMILES string of the molecule is CC1=N[N+](c2nc(-c3ccc(Cl)c(Cl)c3)nn2CC(C)C)=C(C(=O)O)C1c1cccc(F)c1. The van der Waals surface area contributed by atoms with Crippen LogP contribution in [0.2, 0.25) is 10.0 Å². The topological polar surface area (TPSA) is 83.4 Å². The number of benzene rings is 2. The summed E-state index contributed by atoms with van der Waals surface area (Å²) in [7, 11) is 0. The number of nitrogens with zero attached hydrogens (tertiary/aromatic N) is 5. The number of hydrogen-bond acceptors (Lipinski definition) is 4. The fourth-order valence-electron chi connectivity index (χ4n) is 3.76. The average molecular weight is 489 g/mol. The normalized spacial score (nSPS) is 16.0. The third kappa shape index (κ3) is 4.54. The van der Waals surface area contributed by atoms with Crippen molar-refractivity contribution in [2.45, 2.75) is 33.2 Å². The van der Waals surface area contributed by atoms with Crippen molar-refractivity contribution in [2.24, 2.45) is 11.0 Å². The molecular weight excluding hydrogens is 468 g/mol. The zero-order chi connectivity index (χ0) is 23.9. The predicted molar refractivity (Wildman–Crippen MR) is 125 cm³/mol. The Kier molecular flexibility index (Phi) is 6.32. The molecule has 3 aromatic rings. The minimum atomic E-state index is -1.18. The van der Waals surface area contributed by atoms with Gasteiger partial charge in [-0.2, -0.15) is 0 Å². The summed E-state index contributed by atoms with van der Waals surface area (Å²) in [6.45, 7) is 6.22. The second-order valence-corrected chi connectivity index (χ2v) is 8.99. The molecule has 1 atom stereocenters. The van der Waals surface area contributed by atoms with E-state index in [0.29, 0.717) is 39.3 Å². The van der Waals surface area contributed by atoms with Gasteiger partial charge in [0.2, 0.25) is 5.71 Å². The first-order valence-electron chi connectivity index (χ1n) is 10.3. The number of carboxylic acids is 1. The Morgan fingerprint density at radius 3 is 2.61 bits per heavy atom. The van der Waals surface area contributed by atoms with E-state index in [0.717, 1.165) is 0 Å². The number of rotatable bonds is 6. The Bertz CT molecular complexity index is 1320. The van der Waals surface area contributed by atoms with Crippen LogP contribution in [0, 0.1) is 11.7 Å². The molecule has 1 aliphatic heterocycles. The lowest BCUT2D eigenvalue weighted by Crippen LogP contribution is -2.28. The van der Waals surface area contributed by atoms with E-state index in [-0.39, 0.29) is 17.6 Å². The summed E-state index contributed by atoms with van der Waals surface area (Å²) in [5.41, 5.74) is 1.59. The summed E-state index contributed by atoms with van der Waals surface area (Å²) < 4.78 is 16.8. The standard InChI is InChI=1S/C23H20Cl2FN5O2/c1-12(2)11-30-23(27-21(29-30)15-7-8-17(24)18(25)10-15)31-20(22(32)33)19(13(3)28-31)14-5-4-6-16(26)9-14/h4-10,12,19H,11H2,1-3H3/p+1. The molecule has 2 heterocycles. The van der Waals surface area contributed by atoms with Gasteiger partial charge in [0, 0.05) is 5.56 Å². The first-order chi connectivity index (χ1) is 15.7. The van der Waals surface area contributed by atoms with Crippen molar-refractivity contribution in [2.75, 3.05) is 0 Å². The summed E-state index contributed by atoms with van der Waals surface area (Å²) in [5, 5.41) is 19.9. The Labute approximate surface area is 199 Å². The number of carbonyl (C=O) groups is 1. The van der Waals surface area contributed by atoms with Crippen LogP contribution in [0.4, 0.5) is 10.3 Å². The Balaban J connectivity index is 1.90. The van der Waals surface area contributed by atoms with Gasteiger partial charge in [-0.3, -0.25) is 0 Å². The Morgan fingerprint density at radius 2 is 1.97 bits per heavy atom. The quantitative estimate of drug-likeness (QED) is 0.471. The maximum atomic E-state index is 13.9. The van der Waals surface area contributed by atoms with Crippen LogP contribution in [0.15, 0.2) is 47.6 Å². The molecule has 1 N–H and O–H groups in total. The molecule has 0 bridgehead atoms. The van der Waals surface area contributed by atoms with Crippen LogP contribution in [0.1, 0.15) is 32.3 Å². The lowest BCUT2D eigenvalue weighted by molar-refractivity contribution is -0.453. The minimum Gasteiger partial charge on any atom is -0.476 e. The van der Waals surface area contributed by atoms with Crippen molar-refractivity contribution >= 4 is 46.5 Å². The molecule has 1 aliphatic rings. The smallest absolute Gasteiger partial charge is 0.445 e. The van der Waals surface area contributed by atoms with Crippen molar-refractivity contribution in [1.29, 1.82) is 0 Å². The van der Waals surface area contributed by atoms with Crippen molar-refractivity contribution in [3.8, 4) is 11.4 Å². The first kappa shape index (κ1) is 23.1. The lowest BCUT2D eigenvalue weighted by Gasteiger charge is -2.10. The molecule has 2 aromatic carbocycles. The van der Waals surface area contributed by atoms with Gasteiger partial charge in [0.05, 0.1) is 28.2 Å². The zero-order valence-corrected chi connectivity index (χ0v) is 19.6. The predicted octanol–water partition coefficient (Wildman–Crippen LogP) is 5.39. The highest BCUT2D eigenvalue weighted by Crippen LogP contribution is 2.31. The molecular formula is C23H21Cl2FN5O2+. The highest BCUT2D eigenvalue weighted by atomic mass is 35.5. The molecule has 10 heteroatoms. The van der Waals surface area contributed by atoms with E-state index in [1.54, 1.807) is 41.9 Å². The number of hydrogen-bond donors (Lipinski definition) is 1. The van der Waals surface area contributed by atoms with Gasteiger partial charge < -0.3 is 5.11 Å². The average Bonchev–Trinajstić information content (AvgIpc) is 3.30. The number of hydrazone groups is 1. The Morgan fingerprint density at radius 1 is 1.21 bits per heavy atom. The van der Waals surface area contributed by atoms with Crippen molar-refractivity contribution < 1.29 is 19.0 Å². The van der Waals surface area contributed by atoms with Crippen LogP contribution >= 0.6 is 23.2 Å². The molecule has 0 amide bonds. The largest absolute Gasteiger partial charge is 0.476 e. The van der Waals surface area contributed by atoms with Crippen LogP contribution in [0.25, 0.3) is 11.4 Å². The van der Waals surface area contributed by atoms with Gasteiger partial charge in [-0.15, -0.1) is 9.78 Å². The molecule has 0 saturated carbocycles.